The second kappa shape index (κ2) is 8.16. The van der Waals surface area contributed by atoms with Crippen molar-refractivity contribution in [2.24, 2.45) is 0 Å². The molecule has 1 aliphatic rings. The lowest BCUT2D eigenvalue weighted by Crippen LogP contribution is -2.35. The van der Waals surface area contributed by atoms with Crippen molar-refractivity contribution in [1.82, 2.24) is 14.9 Å². The molecule has 0 saturated heterocycles. The molecular formula is C21H23N5O2S. The summed E-state index contributed by atoms with van der Waals surface area (Å²) in [6, 6.07) is 15.6. The van der Waals surface area contributed by atoms with Crippen molar-refractivity contribution in [3.05, 3.63) is 54.1 Å². The van der Waals surface area contributed by atoms with Gasteiger partial charge in [-0.15, -0.1) is 10.2 Å². The Kier molecular flexibility index (Phi) is 5.44. The van der Waals surface area contributed by atoms with Gasteiger partial charge in [0.1, 0.15) is 5.75 Å². The molecule has 1 atom stereocenters. The van der Waals surface area contributed by atoms with Crippen LogP contribution in [0.2, 0.25) is 0 Å². The maximum Gasteiger partial charge on any atom is 0.240 e. The number of fused-ring (bicyclic) bond motifs is 1. The average Bonchev–Trinajstić information content (AvgIpc) is 3.32. The predicted octanol–water partition coefficient (Wildman–Crippen LogP) is 3.13. The second-order valence-electron chi connectivity index (χ2n) is 6.76. The summed E-state index contributed by atoms with van der Waals surface area (Å²) in [5.74, 6) is 7.61. The van der Waals surface area contributed by atoms with Gasteiger partial charge in [-0.2, -0.15) is 0 Å². The molecule has 3 aromatic rings. The number of amides is 1. The highest BCUT2D eigenvalue weighted by Crippen LogP contribution is 2.31. The number of nitrogens with zero attached hydrogens (tertiary/aromatic N) is 4. The number of hydrogen-bond acceptors (Lipinski definition) is 6. The lowest BCUT2D eigenvalue weighted by atomic mass is 10.2. The smallest absolute Gasteiger partial charge is 0.240 e. The van der Waals surface area contributed by atoms with Gasteiger partial charge in [-0.25, -0.2) is 4.68 Å². The Balaban J connectivity index is 1.48. The van der Waals surface area contributed by atoms with Crippen LogP contribution < -0.4 is 15.5 Å². The molecule has 29 heavy (non-hydrogen) atoms. The van der Waals surface area contributed by atoms with E-state index in [9.17, 15) is 4.79 Å². The Morgan fingerprint density at radius 3 is 2.72 bits per heavy atom. The number of thioether (sulfide) groups is 1. The zero-order valence-corrected chi connectivity index (χ0v) is 17.2. The van der Waals surface area contributed by atoms with E-state index in [0.29, 0.717) is 24.1 Å². The van der Waals surface area contributed by atoms with Crippen molar-refractivity contribution >= 4 is 23.4 Å². The molecule has 2 N–H and O–H groups in total. The van der Waals surface area contributed by atoms with Crippen LogP contribution in [-0.2, 0) is 11.2 Å². The lowest BCUT2D eigenvalue weighted by molar-refractivity contribution is -0.117. The fourth-order valence-electron chi connectivity index (χ4n) is 3.42. The van der Waals surface area contributed by atoms with Crippen LogP contribution in [0.5, 0.6) is 5.75 Å². The fraction of sp³-hybridized carbons (Fsp3) is 0.286. The summed E-state index contributed by atoms with van der Waals surface area (Å²) in [6.45, 7) is 5.13. The van der Waals surface area contributed by atoms with E-state index in [-0.39, 0.29) is 11.2 Å². The Morgan fingerprint density at radius 1 is 1.21 bits per heavy atom. The quantitative estimate of drug-likeness (QED) is 0.497. The molecule has 0 spiro atoms. The highest BCUT2D eigenvalue weighted by Gasteiger charge is 2.29. The van der Waals surface area contributed by atoms with Crippen LogP contribution in [0.1, 0.15) is 19.4 Å². The van der Waals surface area contributed by atoms with Gasteiger partial charge in [0, 0.05) is 17.8 Å². The molecule has 0 radical (unpaired) electrons. The van der Waals surface area contributed by atoms with Crippen molar-refractivity contribution < 1.29 is 9.53 Å². The summed E-state index contributed by atoms with van der Waals surface area (Å²) in [6.07, 6.45) is 0.883. The Bertz CT molecular complexity index is 1020. The van der Waals surface area contributed by atoms with E-state index in [1.165, 1.54) is 22.0 Å². The van der Waals surface area contributed by atoms with Gasteiger partial charge in [0.05, 0.1) is 11.9 Å². The molecule has 4 rings (SSSR count). The van der Waals surface area contributed by atoms with Gasteiger partial charge in [0.15, 0.2) is 5.82 Å². The number of carbonyl (C=O) groups is 1. The number of carbonyl (C=O) groups excluding carboxylic acids is 1. The van der Waals surface area contributed by atoms with Crippen LogP contribution in [0.25, 0.3) is 11.4 Å². The van der Waals surface area contributed by atoms with Crippen LogP contribution in [-0.4, -0.2) is 39.2 Å². The first-order chi connectivity index (χ1) is 14.1. The van der Waals surface area contributed by atoms with E-state index in [1.54, 1.807) is 0 Å². The molecule has 150 valence electrons. The number of nitrogen functional groups attached to an aromatic ring is 1. The first-order valence-electron chi connectivity index (χ1n) is 9.58. The predicted molar refractivity (Wildman–Crippen MR) is 115 cm³/mol. The van der Waals surface area contributed by atoms with E-state index in [4.69, 9.17) is 10.6 Å². The molecule has 7 nitrogen and oxygen atoms in total. The topological polar surface area (TPSA) is 86.3 Å². The summed E-state index contributed by atoms with van der Waals surface area (Å²) in [5.41, 5.74) is 3.04. The van der Waals surface area contributed by atoms with Gasteiger partial charge < -0.3 is 15.5 Å². The number of nitrogens with two attached hydrogens (primary N) is 1. The average molecular weight is 410 g/mol. The normalized spacial score (nSPS) is 13.9. The number of rotatable bonds is 6. The van der Waals surface area contributed by atoms with E-state index >= 15 is 0 Å². The van der Waals surface area contributed by atoms with Crippen molar-refractivity contribution in [3.63, 3.8) is 0 Å². The van der Waals surface area contributed by atoms with Gasteiger partial charge in [-0.3, -0.25) is 4.79 Å². The SMILES string of the molecule is CCOc1ccc(-c2nnc(S[C@@H](C)C(=O)N3CCc4ccccc43)n2N)cc1. The van der Waals surface area contributed by atoms with Crippen molar-refractivity contribution in [3.8, 4) is 17.1 Å². The highest BCUT2D eigenvalue weighted by molar-refractivity contribution is 8.00. The number of benzene rings is 2. The van der Waals surface area contributed by atoms with Crippen LogP contribution in [0.15, 0.2) is 53.7 Å². The third kappa shape index (κ3) is 3.80. The Labute approximate surface area is 173 Å². The molecule has 2 aromatic carbocycles. The van der Waals surface area contributed by atoms with E-state index in [2.05, 4.69) is 16.3 Å². The molecule has 0 saturated carbocycles. The fourth-order valence-corrected chi connectivity index (χ4v) is 4.25. The maximum absolute atomic E-state index is 13.0. The standard InChI is InChI=1S/C21H23N5O2S/c1-3-28-17-10-8-16(9-11-17)19-23-24-21(26(19)22)29-14(2)20(27)25-13-12-15-6-4-5-7-18(15)25/h4-11,14H,3,12-13,22H2,1-2H3/t14-/m0/s1. The minimum Gasteiger partial charge on any atom is -0.494 e. The molecule has 0 unspecified atom stereocenters. The molecular weight excluding hydrogens is 386 g/mol. The molecule has 1 amide bonds. The zero-order valence-electron chi connectivity index (χ0n) is 16.4. The minimum atomic E-state index is -0.333. The third-order valence-corrected chi connectivity index (χ3v) is 5.92. The number of para-hydroxylation sites is 1. The van der Waals surface area contributed by atoms with Gasteiger partial charge in [-0.1, -0.05) is 30.0 Å². The maximum atomic E-state index is 13.0. The van der Waals surface area contributed by atoms with Crippen LogP contribution in [0.3, 0.4) is 0 Å². The number of anilines is 1. The van der Waals surface area contributed by atoms with E-state index < -0.39 is 0 Å². The molecule has 1 aliphatic heterocycles. The molecule has 0 aliphatic carbocycles. The minimum absolute atomic E-state index is 0.0468. The first-order valence-corrected chi connectivity index (χ1v) is 10.5. The Morgan fingerprint density at radius 2 is 1.97 bits per heavy atom. The number of hydrogen-bond donors (Lipinski definition) is 1. The lowest BCUT2D eigenvalue weighted by Gasteiger charge is -2.21. The van der Waals surface area contributed by atoms with Gasteiger partial charge >= 0.3 is 0 Å². The van der Waals surface area contributed by atoms with Gasteiger partial charge in [0.2, 0.25) is 11.1 Å². The van der Waals surface area contributed by atoms with E-state index in [1.807, 2.05) is 61.2 Å². The van der Waals surface area contributed by atoms with Crippen molar-refractivity contribution in [1.29, 1.82) is 0 Å². The van der Waals surface area contributed by atoms with Gasteiger partial charge in [0.25, 0.3) is 0 Å². The molecule has 1 aromatic heterocycles. The second-order valence-corrected chi connectivity index (χ2v) is 8.07. The highest BCUT2D eigenvalue weighted by atomic mass is 32.2. The summed E-state index contributed by atoms with van der Waals surface area (Å²) in [5, 5.41) is 8.57. The third-order valence-electron chi connectivity index (χ3n) is 4.87. The Hall–Kier alpha value is -3.00. The van der Waals surface area contributed by atoms with Crippen molar-refractivity contribution in [2.45, 2.75) is 30.7 Å². The number of ether oxygens (including phenoxy) is 1. The van der Waals surface area contributed by atoms with E-state index in [0.717, 1.165) is 23.4 Å². The largest absolute Gasteiger partial charge is 0.494 e. The van der Waals surface area contributed by atoms with Crippen LogP contribution in [0.4, 0.5) is 5.69 Å². The summed E-state index contributed by atoms with van der Waals surface area (Å²) in [7, 11) is 0. The monoisotopic (exact) mass is 409 g/mol. The summed E-state index contributed by atoms with van der Waals surface area (Å²) >= 11 is 1.32. The molecule has 0 bridgehead atoms. The number of aromatic nitrogens is 3. The summed E-state index contributed by atoms with van der Waals surface area (Å²) < 4.78 is 6.90. The molecule has 8 heteroatoms. The zero-order chi connectivity index (χ0) is 20.4. The summed E-state index contributed by atoms with van der Waals surface area (Å²) in [4.78, 5) is 14.8. The van der Waals surface area contributed by atoms with Gasteiger partial charge in [-0.05, 0) is 56.2 Å². The van der Waals surface area contributed by atoms with Crippen LogP contribution in [0, 0.1) is 0 Å². The van der Waals surface area contributed by atoms with Crippen molar-refractivity contribution in [2.75, 3.05) is 23.9 Å². The first kappa shape index (κ1) is 19.3. The molecule has 0 fully saturated rings. The molecule has 2 heterocycles. The van der Waals surface area contributed by atoms with Crippen LogP contribution >= 0.6 is 11.8 Å².